The summed E-state index contributed by atoms with van der Waals surface area (Å²) in [5, 5.41) is 3.55. The number of nitrogens with zero attached hydrogens (tertiary/aromatic N) is 1. The monoisotopic (exact) mass is 226 g/mol. The quantitative estimate of drug-likeness (QED) is 0.700. The number of rotatable bonds is 6. The minimum atomic E-state index is 0.661. The van der Waals surface area contributed by atoms with Crippen molar-refractivity contribution in [2.24, 2.45) is 0 Å². The first-order valence-electron chi connectivity index (χ1n) is 7.14. The van der Waals surface area contributed by atoms with E-state index in [1.54, 1.807) is 0 Å². The van der Waals surface area contributed by atoms with E-state index >= 15 is 0 Å². The zero-order valence-electron chi connectivity index (χ0n) is 11.6. The summed E-state index contributed by atoms with van der Waals surface area (Å²) in [7, 11) is 0. The van der Waals surface area contributed by atoms with E-state index in [-0.39, 0.29) is 0 Å². The van der Waals surface area contributed by atoms with Crippen LogP contribution in [0.5, 0.6) is 0 Å². The number of hydrogen-bond donors (Lipinski definition) is 1. The third kappa shape index (κ3) is 4.42. The Bertz CT molecular complexity index is 182. The third-order valence-electron chi connectivity index (χ3n) is 3.85. The van der Waals surface area contributed by atoms with Gasteiger partial charge in [0.25, 0.3) is 0 Å². The Hall–Kier alpha value is -0.0800. The fourth-order valence-electron chi connectivity index (χ4n) is 2.70. The van der Waals surface area contributed by atoms with Gasteiger partial charge < -0.3 is 5.32 Å². The molecule has 1 aliphatic rings. The number of nitrogens with one attached hydrogen (secondary N) is 1. The van der Waals surface area contributed by atoms with E-state index in [0.717, 1.165) is 12.6 Å². The van der Waals surface area contributed by atoms with Gasteiger partial charge in [0.15, 0.2) is 0 Å². The Morgan fingerprint density at radius 1 is 1.25 bits per heavy atom. The van der Waals surface area contributed by atoms with Crippen LogP contribution in [0.1, 0.15) is 59.8 Å². The minimum absolute atomic E-state index is 0.661. The van der Waals surface area contributed by atoms with Crippen LogP contribution in [-0.2, 0) is 0 Å². The summed E-state index contributed by atoms with van der Waals surface area (Å²) in [6, 6.07) is 2.13. The standard InChI is InChI=1S/C14H30N2/c1-5-6-7-8-9-13(3)16-11-12(2)15-10-14(16)4/h12-15H,5-11H2,1-4H3. The van der Waals surface area contributed by atoms with E-state index in [1.807, 2.05) is 0 Å². The van der Waals surface area contributed by atoms with Crippen molar-refractivity contribution < 1.29 is 0 Å². The maximum atomic E-state index is 3.55. The zero-order valence-corrected chi connectivity index (χ0v) is 11.6. The molecular weight excluding hydrogens is 196 g/mol. The molecule has 0 aliphatic carbocycles. The third-order valence-corrected chi connectivity index (χ3v) is 3.85. The lowest BCUT2D eigenvalue weighted by Crippen LogP contribution is -2.56. The summed E-state index contributed by atoms with van der Waals surface area (Å²) < 4.78 is 0. The average molecular weight is 226 g/mol. The van der Waals surface area contributed by atoms with Crippen LogP contribution in [0.2, 0.25) is 0 Å². The fraction of sp³-hybridized carbons (Fsp3) is 1.00. The van der Waals surface area contributed by atoms with Crippen LogP contribution in [0.3, 0.4) is 0 Å². The molecule has 0 saturated carbocycles. The first-order valence-corrected chi connectivity index (χ1v) is 7.14. The molecule has 1 rings (SSSR count). The van der Waals surface area contributed by atoms with Gasteiger partial charge in [0.1, 0.15) is 0 Å². The minimum Gasteiger partial charge on any atom is -0.311 e. The molecule has 3 atom stereocenters. The Morgan fingerprint density at radius 2 is 2.00 bits per heavy atom. The maximum Gasteiger partial charge on any atom is 0.0195 e. The van der Waals surface area contributed by atoms with E-state index in [0.29, 0.717) is 12.1 Å². The predicted molar refractivity (Wildman–Crippen MR) is 71.9 cm³/mol. The van der Waals surface area contributed by atoms with Crippen LogP contribution in [0.25, 0.3) is 0 Å². The molecule has 0 aromatic heterocycles. The van der Waals surface area contributed by atoms with Gasteiger partial charge in [-0.05, 0) is 27.2 Å². The van der Waals surface area contributed by atoms with Crippen molar-refractivity contribution in [3.8, 4) is 0 Å². The predicted octanol–water partition coefficient (Wildman–Crippen LogP) is 3.03. The summed E-state index contributed by atoms with van der Waals surface area (Å²) in [4.78, 5) is 2.69. The zero-order chi connectivity index (χ0) is 12.0. The van der Waals surface area contributed by atoms with Crippen molar-refractivity contribution in [3.05, 3.63) is 0 Å². The van der Waals surface area contributed by atoms with Crippen LogP contribution in [-0.4, -0.2) is 36.1 Å². The number of piperazine rings is 1. The van der Waals surface area contributed by atoms with Gasteiger partial charge in [0, 0.05) is 31.2 Å². The van der Waals surface area contributed by atoms with Crippen molar-refractivity contribution in [2.75, 3.05) is 13.1 Å². The van der Waals surface area contributed by atoms with Gasteiger partial charge in [-0.15, -0.1) is 0 Å². The van der Waals surface area contributed by atoms with Crippen molar-refractivity contribution in [1.29, 1.82) is 0 Å². The molecule has 3 unspecified atom stereocenters. The van der Waals surface area contributed by atoms with Gasteiger partial charge in [0.2, 0.25) is 0 Å². The lowest BCUT2D eigenvalue weighted by Gasteiger charge is -2.41. The molecule has 96 valence electrons. The second-order valence-electron chi connectivity index (χ2n) is 5.55. The van der Waals surface area contributed by atoms with Gasteiger partial charge in [-0.1, -0.05) is 32.6 Å². The largest absolute Gasteiger partial charge is 0.311 e. The second kappa shape index (κ2) is 7.29. The topological polar surface area (TPSA) is 15.3 Å². The summed E-state index contributed by atoms with van der Waals surface area (Å²) in [6.07, 6.45) is 6.93. The normalized spacial score (nSPS) is 29.2. The molecule has 2 heteroatoms. The van der Waals surface area contributed by atoms with Gasteiger partial charge >= 0.3 is 0 Å². The highest BCUT2D eigenvalue weighted by Gasteiger charge is 2.25. The Morgan fingerprint density at radius 3 is 2.69 bits per heavy atom. The molecule has 1 aliphatic heterocycles. The van der Waals surface area contributed by atoms with Gasteiger partial charge in [-0.25, -0.2) is 0 Å². The summed E-state index contributed by atoms with van der Waals surface area (Å²) in [5.74, 6) is 0. The van der Waals surface area contributed by atoms with E-state index < -0.39 is 0 Å². The first-order chi connectivity index (χ1) is 7.65. The van der Waals surface area contributed by atoms with E-state index in [2.05, 4.69) is 37.9 Å². The smallest absolute Gasteiger partial charge is 0.0195 e. The molecule has 0 radical (unpaired) electrons. The van der Waals surface area contributed by atoms with Gasteiger partial charge in [-0.3, -0.25) is 4.90 Å². The second-order valence-corrected chi connectivity index (χ2v) is 5.55. The Balaban J connectivity index is 2.25. The molecule has 0 bridgehead atoms. The molecular formula is C14H30N2. The Labute approximate surface area is 102 Å². The van der Waals surface area contributed by atoms with Crippen molar-refractivity contribution in [1.82, 2.24) is 10.2 Å². The molecule has 1 heterocycles. The molecule has 1 fully saturated rings. The average Bonchev–Trinajstić information content (AvgIpc) is 2.27. The highest BCUT2D eigenvalue weighted by Crippen LogP contribution is 2.16. The maximum absolute atomic E-state index is 3.55. The van der Waals surface area contributed by atoms with Crippen molar-refractivity contribution in [3.63, 3.8) is 0 Å². The molecule has 2 nitrogen and oxygen atoms in total. The molecule has 16 heavy (non-hydrogen) atoms. The summed E-state index contributed by atoms with van der Waals surface area (Å²) in [6.45, 7) is 11.7. The van der Waals surface area contributed by atoms with Crippen LogP contribution in [0, 0.1) is 0 Å². The molecule has 0 spiro atoms. The molecule has 1 N–H and O–H groups in total. The lowest BCUT2D eigenvalue weighted by molar-refractivity contribution is 0.0972. The van der Waals surface area contributed by atoms with Crippen LogP contribution < -0.4 is 5.32 Å². The van der Waals surface area contributed by atoms with Crippen LogP contribution in [0.4, 0.5) is 0 Å². The van der Waals surface area contributed by atoms with Crippen LogP contribution >= 0.6 is 0 Å². The molecule has 0 aromatic rings. The Kier molecular flexibility index (Phi) is 6.37. The molecule has 0 aromatic carbocycles. The first kappa shape index (κ1) is 14.0. The highest BCUT2D eigenvalue weighted by molar-refractivity contribution is 4.84. The lowest BCUT2D eigenvalue weighted by atomic mass is 10.0. The van der Waals surface area contributed by atoms with E-state index in [9.17, 15) is 0 Å². The van der Waals surface area contributed by atoms with Gasteiger partial charge in [0.05, 0.1) is 0 Å². The van der Waals surface area contributed by atoms with Crippen molar-refractivity contribution in [2.45, 2.75) is 77.9 Å². The van der Waals surface area contributed by atoms with E-state index in [1.165, 1.54) is 38.6 Å². The number of unbranched alkanes of at least 4 members (excludes halogenated alkanes) is 3. The van der Waals surface area contributed by atoms with E-state index in [4.69, 9.17) is 0 Å². The molecule has 1 saturated heterocycles. The number of hydrogen-bond acceptors (Lipinski definition) is 2. The van der Waals surface area contributed by atoms with Crippen LogP contribution in [0.15, 0.2) is 0 Å². The van der Waals surface area contributed by atoms with Gasteiger partial charge in [-0.2, -0.15) is 0 Å². The summed E-state index contributed by atoms with van der Waals surface area (Å²) in [5.41, 5.74) is 0. The highest BCUT2D eigenvalue weighted by atomic mass is 15.2. The molecule has 0 amide bonds. The fourth-order valence-corrected chi connectivity index (χ4v) is 2.70. The SMILES string of the molecule is CCCCCCC(C)N1CC(C)NCC1C. The summed E-state index contributed by atoms with van der Waals surface area (Å²) >= 11 is 0. The van der Waals surface area contributed by atoms with Crippen molar-refractivity contribution >= 4 is 0 Å².